The quantitative estimate of drug-likeness (QED) is 0.784. The SMILES string of the molecule is CN1CCC(N(C)c2ncnc(Cl)c2Br)CC1. The van der Waals surface area contributed by atoms with Gasteiger partial charge in [0.25, 0.3) is 0 Å². The molecule has 6 heteroatoms. The number of rotatable bonds is 2. The average Bonchev–Trinajstić information content (AvgIpc) is 2.33. The predicted octanol–water partition coefficient (Wildman–Crippen LogP) is 2.42. The highest BCUT2D eigenvalue weighted by molar-refractivity contribution is 9.10. The molecule has 0 bridgehead atoms. The van der Waals surface area contributed by atoms with Gasteiger partial charge in [0.1, 0.15) is 17.3 Å². The van der Waals surface area contributed by atoms with Gasteiger partial charge in [-0.3, -0.25) is 0 Å². The Hall–Kier alpha value is -0.390. The topological polar surface area (TPSA) is 32.3 Å². The summed E-state index contributed by atoms with van der Waals surface area (Å²) in [4.78, 5) is 12.8. The molecule has 94 valence electrons. The van der Waals surface area contributed by atoms with Gasteiger partial charge in [-0.25, -0.2) is 9.97 Å². The molecule has 0 unspecified atom stereocenters. The van der Waals surface area contributed by atoms with Crippen molar-refractivity contribution >= 4 is 33.3 Å². The number of piperidine rings is 1. The van der Waals surface area contributed by atoms with Crippen LogP contribution in [0.2, 0.25) is 5.15 Å². The van der Waals surface area contributed by atoms with Crippen LogP contribution in [-0.4, -0.2) is 48.1 Å². The summed E-state index contributed by atoms with van der Waals surface area (Å²) in [6.45, 7) is 2.26. The first-order valence-corrected chi connectivity index (χ1v) is 6.84. The molecular formula is C11H16BrClN4. The number of hydrogen-bond donors (Lipinski definition) is 0. The third kappa shape index (κ3) is 2.89. The number of aromatic nitrogens is 2. The van der Waals surface area contributed by atoms with Crippen LogP contribution in [0.15, 0.2) is 10.8 Å². The standard InChI is InChI=1S/C11H16BrClN4/c1-16-5-3-8(4-6-16)17(2)11-9(12)10(13)14-7-15-11/h7-8H,3-6H2,1-2H3. The van der Waals surface area contributed by atoms with Crippen molar-refractivity contribution in [3.8, 4) is 0 Å². The van der Waals surface area contributed by atoms with Gasteiger partial charge >= 0.3 is 0 Å². The number of nitrogens with zero attached hydrogens (tertiary/aromatic N) is 4. The van der Waals surface area contributed by atoms with Gasteiger partial charge in [0.15, 0.2) is 0 Å². The molecule has 1 aromatic rings. The Morgan fingerprint density at radius 2 is 2.06 bits per heavy atom. The fraction of sp³-hybridized carbons (Fsp3) is 0.636. The maximum absolute atomic E-state index is 5.99. The molecule has 0 aliphatic carbocycles. The van der Waals surface area contributed by atoms with Crippen molar-refractivity contribution < 1.29 is 0 Å². The average molecular weight is 320 g/mol. The van der Waals surface area contributed by atoms with Crippen molar-refractivity contribution in [3.05, 3.63) is 16.0 Å². The molecule has 4 nitrogen and oxygen atoms in total. The second-order valence-electron chi connectivity index (χ2n) is 4.45. The summed E-state index contributed by atoms with van der Waals surface area (Å²) in [5.41, 5.74) is 0. The first kappa shape index (κ1) is 13.1. The van der Waals surface area contributed by atoms with Crippen LogP contribution in [0.4, 0.5) is 5.82 Å². The smallest absolute Gasteiger partial charge is 0.148 e. The lowest BCUT2D eigenvalue weighted by atomic mass is 10.0. The van der Waals surface area contributed by atoms with Gasteiger partial charge in [0, 0.05) is 13.1 Å². The summed E-state index contributed by atoms with van der Waals surface area (Å²) in [7, 11) is 4.23. The van der Waals surface area contributed by atoms with Crippen LogP contribution in [-0.2, 0) is 0 Å². The fourth-order valence-corrected chi connectivity index (χ4v) is 2.75. The third-order valence-corrected chi connectivity index (χ3v) is 4.54. The monoisotopic (exact) mass is 318 g/mol. The lowest BCUT2D eigenvalue weighted by Crippen LogP contribution is -2.42. The van der Waals surface area contributed by atoms with E-state index in [2.05, 4.69) is 49.8 Å². The molecule has 1 aromatic heterocycles. The molecule has 2 heterocycles. The van der Waals surface area contributed by atoms with E-state index in [0.29, 0.717) is 11.2 Å². The second-order valence-corrected chi connectivity index (χ2v) is 5.60. The molecule has 0 radical (unpaired) electrons. The molecule has 1 aliphatic heterocycles. The Balaban J connectivity index is 2.14. The van der Waals surface area contributed by atoms with E-state index in [1.165, 1.54) is 6.33 Å². The molecule has 1 saturated heterocycles. The first-order valence-electron chi connectivity index (χ1n) is 5.67. The first-order chi connectivity index (χ1) is 8.09. The van der Waals surface area contributed by atoms with Crippen molar-refractivity contribution in [1.29, 1.82) is 0 Å². The largest absolute Gasteiger partial charge is 0.356 e. The lowest BCUT2D eigenvalue weighted by molar-refractivity contribution is 0.252. The highest BCUT2D eigenvalue weighted by Crippen LogP contribution is 2.31. The van der Waals surface area contributed by atoms with E-state index in [1.807, 2.05) is 0 Å². The Kier molecular flexibility index (Phi) is 4.22. The van der Waals surface area contributed by atoms with Gasteiger partial charge < -0.3 is 9.80 Å². The molecule has 0 amide bonds. The zero-order valence-corrected chi connectivity index (χ0v) is 12.4. The molecule has 0 spiro atoms. The number of anilines is 1. The van der Waals surface area contributed by atoms with Gasteiger partial charge in [-0.2, -0.15) is 0 Å². The minimum absolute atomic E-state index is 0.467. The minimum Gasteiger partial charge on any atom is -0.356 e. The van der Waals surface area contributed by atoms with Gasteiger partial charge in [0.05, 0.1) is 4.47 Å². The molecule has 0 saturated carbocycles. The Morgan fingerprint density at radius 3 is 2.71 bits per heavy atom. The van der Waals surface area contributed by atoms with Crippen LogP contribution in [0.5, 0.6) is 0 Å². The molecule has 0 atom stereocenters. The summed E-state index contributed by atoms with van der Waals surface area (Å²) in [6.07, 6.45) is 3.82. The van der Waals surface area contributed by atoms with E-state index >= 15 is 0 Å². The van der Waals surface area contributed by atoms with Gasteiger partial charge in [0.2, 0.25) is 0 Å². The van der Waals surface area contributed by atoms with Crippen molar-refractivity contribution in [3.63, 3.8) is 0 Å². The summed E-state index contributed by atoms with van der Waals surface area (Å²) < 4.78 is 0.781. The Morgan fingerprint density at radius 1 is 1.41 bits per heavy atom. The van der Waals surface area contributed by atoms with Crippen LogP contribution in [0.3, 0.4) is 0 Å². The molecule has 0 N–H and O–H groups in total. The van der Waals surface area contributed by atoms with Crippen molar-refractivity contribution in [2.24, 2.45) is 0 Å². The van der Waals surface area contributed by atoms with Crippen molar-refractivity contribution in [2.45, 2.75) is 18.9 Å². The molecule has 1 fully saturated rings. The van der Waals surface area contributed by atoms with Gasteiger partial charge in [-0.15, -0.1) is 0 Å². The van der Waals surface area contributed by atoms with E-state index in [1.54, 1.807) is 0 Å². The van der Waals surface area contributed by atoms with E-state index in [-0.39, 0.29) is 0 Å². The molecular weight excluding hydrogens is 304 g/mol. The van der Waals surface area contributed by atoms with E-state index < -0.39 is 0 Å². The second kappa shape index (κ2) is 5.50. The molecule has 2 rings (SSSR count). The summed E-state index contributed by atoms with van der Waals surface area (Å²) in [5.74, 6) is 0.875. The molecule has 0 aromatic carbocycles. The summed E-state index contributed by atoms with van der Waals surface area (Å²) in [6, 6.07) is 0.522. The number of likely N-dealkylation sites (tertiary alicyclic amines) is 1. The van der Waals surface area contributed by atoms with E-state index in [4.69, 9.17) is 11.6 Å². The van der Waals surface area contributed by atoms with Crippen molar-refractivity contribution in [1.82, 2.24) is 14.9 Å². The van der Waals surface area contributed by atoms with Gasteiger partial charge in [-0.05, 0) is 48.9 Å². The minimum atomic E-state index is 0.467. The maximum atomic E-state index is 5.99. The Bertz CT molecular complexity index is 393. The predicted molar refractivity (Wildman–Crippen MR) is 73.7 cm³/mol. The van der Waals surface area contributed by atoms with Crippen LogP contribution < -0.4 is 4.90 Å². The normalized spacial score (nSPS) is 18.4. The number of halogens is 2. The van der Waals surface area contributed by atoms with Crippen LogP contribution >= 0.6 is 27.5 Å². The number of hydrogen-bond acceptors (Lipinski definition) is 4. The Labute approximate surface area is 115 Å². The summed E-state index contributed by atoms with van der Waals surface area (Å²) in [5, 5.41) is 0.467. The van der Waals surface area contributed by atoms with Crippen LogP contribution in [0.1, 0.15) is 12.8 Å². The van der Waals surface area contributed by atoms with Crippen molar-refractivity contribution in [2.75, 3.05) is 32.1 Å². The highest BCUT2D eigenvalue weighted by atomic mass is 79.9. The van der Waals surface area contributed by atoms with E-state index in [0.717, 1.165) is 36.2 Å². The van der Waals surface area contributed by atoms with Gasteiger partial charge in [-0.1, -0.05) is 11.6 Å². The zero-order chi connectivity index (χ0) is 12.4. The zero-order valence-electron chi connectivity index (χ0n) is 10.0. The summed E-state index contributed by atoms with van der Waals surface area (Å²) >= 11 is 9.44. The van der Waals surface area contributed by atoms with Crippen LogP contribution in [0, 0.1) is 0 Å². The molecule has 1 aliphatic rings. The molecule has 17 heavy (non-hydrogen) atoms. The lowest BCUT2D eigenvalue weighted by Gasteiger charge is -2.36. The third-order valence-electron chi connectivity index (χ3n) is 3.30. The fourth-order valence-electron chi connectivity index (χ4n) is 2.14. The highest BCUT2D eigenvalue weighted by Gasteiger charge is 2.23. The maximum Gasteiger partial charge on any atom is 0.148 e. The van der Waals surface area contributed by atoms with E-state index in [9.17, 15) is 0 Å². The van der Waals surface area contributed by atoms with Crippen LogP contribution in [0.25, 0.3) is 0 Å².